The Bertz CT molecular complexity index is 712. The van der Waals surface area contributed by atoms with Crippen LogP contribution in [0.1, 0.15) is 22.8 Å². The Kier molecular flexibility index (Phi) is 6.33. The molecule has 0 aliphatic carbocycles. The lowest BCUT2D eigenvalue weighted by molar-refractivity contribution is -0.122. The SMILES string of the molecule is COc1cccc(OC)c1C(=O)N[C@@H](C)C(=O)NCc1cccnc1. The van der Waals surface area contributed by atoms with Gasteiger partial charge in [-0.15, -0.1) is 0 Å². The highest BCUT2D eigenvalue weighted by molar-refractivity contribution is 6.01. The number of nitrogens with one attached hydrogen (secondary N) is 2. The van der Waals surface area contributed by atoms with Gasteiger partial charge in [0.15, 0.2) is 0 Å². The van der Waals surface area contributed by atoms with E-state index >= 15 is 0 Å². The lowest BCUT2D eigenvalue weighted by Gasteiger charge is -2.17. The van der Waals surface area contributed by atoms with Crippen LogP contribution >= 0.6 is 0 Å². The van der Waals surface area contributed by atoms with E-state index < -0.39 is 11.9 Å². The summed E-state index contributed by atoms with van der Waals surface area (Å²) in [6.07, 6.45) is 3.33. The minimum absolute atomic E-state index is 0.249. The lowest BCUT2D eigenvalue weighted by atomic mass is 10.1. The van der Waals surface area contributed by atoms with Crippen molar-refractivity contribution < 1.29 is 19.1 Å². The number of aromatic nitrogens is 1. The first-order valence-corrected chi connectivity index (χ1v) is 7.75. The van der Waals surface area contributed by atoms with Crippen molar-refractivity contribution in [3.63, 3.8) is 0 Å². The monoisotopic (exact) mass is 343 g/mol. The summed E-state index contributed by atoms with van der Waals surface area (Å²) < 4.78 is 10.4. The van der Waals surface area contributed by atoms with Crippen LogP contribution in [-0.4, -0.2) is 37.1 Å². The molecule has 0 aliphatic heterocycles. The minimum Gasteiger partial charge on any atom is -0.496 e. The molecular formula is C18H21N3O4. The standard InChI is InChI=1S/C18H21N3O4/c1-12(17(22)20-11-13-6-5-9-19-10-13)21-18(23)16-14(24-2)7-4-8-15(16)25-3/h4-10,12H,11H2,1-3H3,(H,20,22)(H,21,23)/t12-/m0/s1. The van der Waals surface area contributed by atoms with E-state index in [1.165, 1.54) is 14.2 Å². The number of carbonyl (C=O) groups excluding carboxylic acids is 2. The van der Waals surface area contributed by atoms with Gasteiger partial charge in [-0.2, -0.15) is 0 Å². The summed E-state index contributed by atoms with van der Waals surface area (Å²) >= 11 is 0. The third-order valence-electron chi connectivity index (χ3n) is 3.59. The number of methoxy groups -OCH3 is 2. The molecule has 0 saturated carbocycles. The van der Waals surface area contributed by atoms with E-state index in [2.05, 4.69) is 15.6 Å². The molecule has 0 bridgehead atoms. The summed E-state index contributed by atoms with van der Waals surface area (Å²) in [5, 5.41) is 5.41. The Labute approximate surface area is 146 Å². The fourth-order valence-corrected chi connectivity index (χ4v) is 2.25. The third-order valence-corrected chi connectivity index (χ3v) is 3.59. The van der Waals surface area contributed by atoms with Gasteiger partial charge in [-0.05, 0) is 30.7 Å². The molecule has 2 amide bonds. The maximum absolute atomic E-state index is 12.5. The summed E-state index contributed by atoms with van der Waals surface area (Å²) in [5.41, 5.74) is 1.13. The molecule has 0 spiro atoms. The number of amides is 2. The lowest BCUT2D eigenvalue weighted by Crippen LogP contribution is -2.44. The van der Waals surface area contributed by atoms with E-state index in [1.54, 1.807) is 43.6 Å². The molecule has 0 radical (unpaired) electrons. The number of benzene rings is 1. The van der Waals surface area contributed by atoms with Crippen molar-refractivity contribution in [1.82, 2.24) is 15.6 Å². The van der Waals surface area contributed by atoms with E-state index in [0.717, 1.165) is 5.56 Å². The van der Waals surface area contributed by atoms with Gasteiger partial charge in [0.2, 0.25) is 5.91 Å². The van der Waals surface area contributed by atoms with Crippen LogP contribution in [0.2, 0.25) is 0 Å². The zero-order chi connectivity index (χ0) is 18.2. The highest BCUT2D eigenvalue weighted by Crippen LogP contribution is 2.28. The molecule has 0 saturated heterocycles. The summed E-state index contributed by atoms with van der Waals surface area (Å²) in [6, 6.07) is 7.96. The van der Waals surface area contributed by atoms with E-state index in [-0.39, 0.29) is 11.5 Å². The van der Waals surface area contributed by atoms with Gasteiger partial charge in [0.25, 0.3) is 5.91 Å². The Morgan fingerprint density at radius 1 is 1.12 bits per heavy atom. The van der Waals surface area contributed by atoms with Crippen molar-refractivity contribution in [3.8, 4) is 11.5 Å². The molecule has 1 atom stereocenters. The van der Waals surface area contributed by atoms with Gasteiger partial charge in [-0.3, -0.25) is 14.6 Å². The maximum Gasteiger partial charge on any atom is 0.259 e. The molecule has 0 fully saturated rings. The van der Waals surface area contributed by atoms with Crippen molar-refractivity contribution in [2.75, 3.05) is 14.2 Å². The number of hydrogen-bond acceptors (Lipinski definition) is 5. The van der Waals surface area contributed by atoms with Crippen molar-refractivity contribution >= 4 is 11.8 Å². The highest BCUT2D eigenvalue weighted by atomic mass is 16.5. The van der Waals surface area contributed by atoms with Crippen LogP contribution in [-0.2, 0) is 11.3 Å². The second-order valence-electron chi connectivity index (χ2n) is 5.31. The van der Waals surface area contributed by atoms with E-state index in [0.29, 0.717) is 18.0 Å². The maximum atomic E-state index is 12.5. The molecule has 2 rings (SSSR count). The zero-order valence-electron chi connectivity index (χ0n) is 14.4. The van der Waals surface area contributed by atoms with Crippen molar-refractivity contribution in [3.05, 3.63) is 53.9 Å². The molecule has 132 valence electrons. The number of nitrogens with zero attached hydrogens (tertiary/aromatic N) is 1. The van der Waals surface area contributed by atoms with Gasteiger partial charge < -0.3 is 20.1 Å². The second kappa shape index (κ2) is 8.68. The van der Waals surface area contributed by atoms with Gasteiger partial charge >= 0.3 is 0 Å². The van der Waals surface area contributed by atoms with Crippen LogP contribution in [0.25, 0.3) is 0 Å². The fraction of sp³-hybridized carbons (Fsp3) is 0.278. The molecule has 7 heteroatoms. The minimum atomic E-state index is -0.723. The van der Waals surface area contributed by atoms with Crippen LogP contribution in [0.4, 0.5) is 0 Å². The molecule has 0 unspecified atom stereocenters. The number of ether oxygens (including phenoxy) is 2. The molecule has 1 heterocycles. The number of hydrogen-bond donors (Lipinski definition) is 2. The van der Waals surface area contributed by atoms with Gasteiger partial charge in [0, 0.05) is 18.9 Å². The molecule has 25 heavy (non-hydrogen) atoms. The first-order valence-electron chi connectivity index (χ1n) is 7.75. The van der Waals surface area contributed by atoms with Crippen LogP contribution < -0.4 is 20.1 Å². The smallest absolute Gasteiger partial charge is 0.259 e. The van der Waals surface area contributed by atoms with Crippen LogP contribution in [0.15, 0.2) is 42.7 Å². The van der Waals surface area contributed by atoms with Gasteiger partial charge in [-0.25, -0.2) is 0 Å². The first-order chi connectivity index (χ1) is 12.1. The predicted octanol–water partition coefficient (Wildman–Crippen LogP) is 1.53. The molecule has 1 aromatic carbocycles. The van der Waals surface area contributed by atoms with Crippen LogP contribution in [0.3, 0.4) is 0 Å². The first kappa shape index (κ1) is 18.3. The van der Waals surface area contributed by atoms with Crippen molar-refractivity contribution in [1.29, 1.82) is 0 Å². The summed E-state index contributed by atoms with van der Waals surface area (Å²) in [5.74, 6) is 0.00373. The largest absolute Gasteiger partial charge is 0.496 e. The van der Waals surface area contributed by atoms with E-state index in [1.807, 2.05) is 6.07 Å². The number of carbonyl (C=O) groups is 2. The molecule has 0 aliphatic rings. The highest BCUT2D eigenvalue weighted by Gasteiger charge is 2.22. The number of rotatable bonds is 7. The Balaban J connectivity index is 2.01. The van der Waals surface area contributed by atoms with Gasteiger partial charge in [-0.1, -0.05) is 12.1 Å². The Hall–Kier alpha value is -3.09. The Morgan fingerprint density at radius 3 is 2.36 bits per heavy atom. The van der Waals surface area contributed by atoms with Gasteiger partial charge in [0.1, 0.15) is 23.1 Å². The number of pyridine rings is 1. The Morgan fingerprint density at radius 2 is 1.80 bits per heavy atom. The average molecular weight is 343 g/mol. The molecule has 2 aromatic rings. The second-order valence-corrected chi connectivity index (χ2v) is 5.31. The van der Waals surface area contributed by atoms with E-state index in [4.69, 9.17) is 9.47 Å². The quantitative estimate of drug-likeness (QED) is 0.796. The fourth-order valence-electron chi connectivity index (χ4n) is 2.25. The van der Waals surface area contributed by atoms with Crippen LogP contribution in [0, 0.1) is 0 Å². The molecular weight excluding hydrogens is 322 g/mol. The average Bonchev–Trinajstić information content (AvgIpc) is 2.65. The van der Waals surface area contributed by atoms with Crippen LogP contribution in [0.5, 0.6) is 11.5 Å². The zero-order valence-corrected chi connectivity index (χ0v) is 14.4. The molecule has 1 aromatic heterocycles. The van der Waals surface area contributed by atoms with Crippen molar-refractivity contribution in [2.45, 2.75) is 19.5 Å². The normalized spacial score (nSPS) is 11.3. The van der Waals surface area contributed by atoms with Crippen molar-refractivity contribution in [2.24, 2.45) is 0 Å². The topological polar surface area (TPSA) is 89.5 Å². The summed E-state index contributed by atoms with van der Waals surface area (Å²) in [7, 11) is 2.94. The third kappa shape index (κ3) is 4.69. The summed E-state index contributed by atoms with van der Waals surface area (Å²) in [4.78, 5) is 28.7. The van der Waals surface area contributed by atoms with E-state index in [9.17, 15) is 9.59 Å². The molecule has 7 nitrogen and oxygen atoms in total. The predicted molar refractivity (Wildman–Crippen MR) is 92.6 cm³/mol. The van der Waals surface area contributed by atoms with Gasteiger partial charge in [0.05, 0.1) is 14.2 Å². The molecule has 2 N–H and O–H groups in total. The summed E-state index contributed by atoms with van der Waals surface area (Å²) in [6.45, 7) is 1.95.